The highest BCUT2D eigenvalue weighted by Crippen LogP contribution is 2.20. The Morgan fingerprint density at radius 3 is 2.00 bits per heavy atom. The van der Waals surface area contributed by atoms with Gasteiger partial charge in [-0.1, -0.05) is 82.7 Å². The third-order valence-electron chi connectivity index (χ3n) is 4.47. The van der Waals surface area contributed by atoms with Crippen LogP contribution in [0.5, 0.6) is 0 Å². The summed E-state index contributed by atoms with van der Waals surface area (Å²) in [6.45, 7) is 2.24. The van der Waals surface area contributed by atoms with Crippen LogP contribution in [0.15, 0.2) is 6.07 Å². The summed E-state index contributed by atoms with van der Waals surface area (Å²) in [7, 11) is 1.28. The number of H-pyrrole nitrogens is 1. The maximum Gasteiger partial charge on any atom is 0.356 e. The van der Waals surface area contributed by atoms with Gasteiger partial charge in [-0.2, -0.15) is 0 Å². The van der Waals surface area contributed by atoms with Crippen LogP contribution in [0.1, 0.15) is 105 Å². The van der Waals surface area contributed by atoms with E-state index < -0.39 is 5.97 Å². The van der Waals surface area contributed by atoms with Gasteiger partial charge in [0.1, 0.15) is 5.69 Å². The minimum Gasteiger partial charge on any atom is -0.464 e. The number of nitrogens with one attached hydrogen (secondary N) is 1. The van der Waals surface area contributed by atoms with E-state index in [9.17, 15) is 9.59 Å². The minimum absolute atomic E-state index is 0.00650. The molecule has 4 nitrogen and oxygen atoms in total. The van der Waals surface area contributed by atoms with Crippen molar-refractivity contribution in [2.24, 2.45) is 0 Å². The van der Waals surface area contributed by atoms with Gasteiger partial charge < -0.3 is 9.72 Å². The lowest BCUT2D eigenvalue weighted by atomic mass is 10.0. The normalized spacial score (nSPS) is 10.8. The van der Waals surface area contributed by atoms with Crippen LogP contribution in [0.25, 0.3) is 0 Å². The first-order valence-corrected chi connectivity index (χ1v) is 9.98. The minimum atomic E-state index is -0.557. The number of aromatic amines is 1. The number of ether oxygens (including phenoxy) is 1. The van der Waals surface area contributed by atoms with Gasteiger partial charge in [-0.15, -0.1) is 0 Å². The molecule has 0 saturated heterocycles. The maximum atomic E-state index is 12.1. The standard InChI is InChI=1S/C20H32ClNO3/c1-3-4-5-6-7-8-9-10-11-12-13-14-18(23)17-15-16(21)19(22-17)20(24)25-2/h15,22H,3-14H2,1-2H3. The number of aromatic nitrogens is 1. The highest BCUT2D eigenvalue weighted by molar-refractivity contribution is 6.33. The first-order valence-electron chi connectivity index (χ1n) is 9.60. The van der Waals surface area contributed by atoms with Crippen molar-refractivity contribution < 1.29 is 14.3 Å². The predicted molar refractivity (Wildman–Crippen MR) is 103 cm³/mol. The van der Waals surface area contributed by atoms with E-state index in [1.54, 1.807) is 0 Å². The highest BCUT2D eigenvalue weighted by Gasteiger charge is 2.17. The maximum absolute atomic E-state index is 12.1. The van der Waals surface area contributed by atoms with Crippen LogP contribution in [0.3, 0.4) is 0 Å². The number of hydrogen-bond acceptors (Lipinski definition) is 3. The molecule has 1 aromatic heterocycles. The van der Waals surface area contributed by atoms with E-state index in [2.05, 4.69) is 16.6 Å². The lowest BCUT2D eigenvalue weighted by Crippen LogP contribution is -2.04. The average molecular weight is 370 g/mol. The second-order valence-corrected chi connectivity index (χ2v) is 7.01. The Morgan fingerprint density at radius 1 is 0.960 bits per heavy atom. The van der Waals surface area contributed by atoms with Crippen LogP contribution in [0.4, 0.5) is 0 Å². The Morgan fingerprint density at radius 2 is 1.48 bits per heavy atom. The van der Waals surface area contributed by atoms with E-state index >= 15 is 0 Å². The molecular weight excluding hydrogens is 338 g/mol. The van der Waals surface area contributed by atoms with Crippen molar-refractivity contribution in [1.29, 1.82) is 0 Å². The van der Waals surface area contributed by atoms with Crippen molar-refractivity contribution in [2.45, 2.75) is 84.0 Å². The Labute approximate surface area is 156 Å². The fourth-order valence-corrected chi connectivity index (χ4v) is 3.15. The van der Waals surface area contributed by atoms with Gasteiger partial charge in [-0.05, 0) is 12.5 Å². The third-order valence-corrected chi connectivity index (χ3v) is 4.76. The Kier molecular flexibility index (Phi) is 11.3. The van der Waals surface area contributed by atoms with Crippen LogP contribution >= 0.6 is 11.6 Å². The van der Waals surface area contributed by atoms with Gasteiger partial charge >= 0.3 is 5.97 Å². The zero-order chi connectivity index (χ0) is 18.5. The quantitative estimate of drug-likeness (QED) is 0.236. The first kappa shape index (κ1) is 21.8. The summed E-state index contributed by atoms with van der Waals surface area (Å²) in [6.07, 6.45) is 14.3. The van der Waals surface area contributed by atoms with Gasteiger partial charge in [0.25, 0.3) is 0 Å². The van der Waals surface area contributed by atoms with Crippen LogP contribution in [0, 0.1) is 0 Å². The zero-order valence-electron chi connectivity index (χ0n) is 15.7. The van der Waals surface area contributed by atoms with Crippen molar-refractivity contribution in [2.75, 3.05) is 7.11 Å². The molecule has 0 aliphatic rings. The van der Waals surface area contributed by atoms with Crippen molar-refractivity contribution >= 4 is 23.4 Å². The van der Waals surface area contributed by atoms with Crippen molar-refractivity contribution in [3.8, 4) is 0 Å². The van der Waals surface area contributed by atoms with E-state index in [0.29, 0.717) is 12.1 Å². The van der Waals surface area contributed by atoms with E-state index in [1.165, 1.54) is 71.0 Å². The monoisotopic (exact) mass is 369 g/mol. The number of carbonyl (C=O) groups is 2. The Hall–Kier alpha value is -1.29. The van der Waals surface area contributed by atoms with Gasteiger partial charge in [-0.25, -0.2) is 4.79 Å². The second kappa shape index (κ2) is 13.0. The van der Waals surface area contributed by atoms with Crippen molar-refractivity contribution in [3.05, 3.63) is 22.5 Å². The summed E-state index contributed by atoms with van der Waals surface area (Å²) >= 11 is 5.95. The molecule has 5 heteroatoms. The molecule has 0 radical (unpaired) electrons. The number of esters is 1. The zero-order valence-corrected chi connectivity index (χ0v) is 16.4. The molecule has 0 bridgehead atoms. The Balaban J connectivity index is 2.10. The fraction of sp³-hybridized carbons (Fsp3) is 0.700. The molecule has 142 valence electrons. The molecule has 0 amide bonds. The Bertz CT molecular complexity index is 525. The van der Waals surface area contributed by atoms with Gasteiger partial charge in [0.05, 0.1) is 17.8 Å². The molecule has 1 aromatic rings. The van der Waals surface area contributed by atoms with Crippen molar-refractivity contribution in [1.82, 2.24) is 4.98 Å². The number of rotatable bonds is 14. The molecule has 1 rings (SSSR count). The summed E-state index contributed by atoms with van der Waals surface area (Å²) in [4.78, 5) is 26.4. The van der Waals surface area contributed by atoms with E-state index in [1.807, 2.05) is 0 Å². The third kappa shape index (κ3) is 8.57. The predicted octanol–water partition coefficient (Wildman–Crippen LogP) is 6.34. The van der Waals surface area contributed by atoms with Gasteiger partial charge in [-0.3, -0.25) is 4.79 Å². The van der Waals surface area contributed by atoms with Crippen LogP contribution in [0.2, 0.25) is 5.02 Å². The summed E-state index contributed by atoms with van der Waals surface area (Å²) < 4.78 is 4.62. The van der Waals surface area contributed by atoms with Crippen molar-refractivity contribution in [3.63, 3.8) is 0 Å². The largest absolute Gasteiger partial charge is 0.464 e. The summed E-state index contributed by atoms with van der Waals surface area (Å²) in [5.74, 6) is -0.563. The number of halogens is 1. The molecule has 1 heterocycles. The fourth-order valence-electron chi connectivity index (χ4n) is 2.91. The second-order valence-electron chi connectivity index (χ2n) is 6.61. The molecule has 0 spiro atoms. The average Bonchev–Trinajstić information content (AvgIpc) is 3.00. The molecule has 0 aromatic carbocycles. The highest BCUT2D eigenvalue weighted by atomic mass is 35.5. The van der Waals surface area contributed by atoms with E-state index in [-0.39, 0.29) is 16.5 Å². The van der Waals surface area contributed by atoms with Gasteiger partial charge in [0.15, 0.2) is 5.78 Å². The number of ketones is 1. The number of carbonyl (C=O) groups excluding carboxylic acids is 2. The van der Waals surface area contributed by atoms with Crippen LogP contribution in [-0.2, 0) is 4.74 Å². The number of methoxy groups -OCH3 is 1. The summed E-state index contributed by atoms with van der Waals surface area (Å²) in [5, 5.41) is 0.231. The van der Waals surface area contributed by atoms with Gasteiger partial charge in [0.2, 0.25) is 0 Å². The molecule has 0 unspecified atom stereocenters. The first-order chi connectivity index (χ1) is 12.1. The van der Waals surface area contributed by atoms with Crippen LogP contribution < -0.4 is 0 Å². The van der Waals surface area contributed by atoms with E-state index in [0.717, 1.165) is 12.8 Å². The number of hydrogen-bond donors (Lipinski definition) is 1. The summed E-state index contributed by atoms with van der Waals surface area (Å²) in [6, 6.07) is 1.51. The number of unbranched alkanes of at least 4 members (excludes halogenated alkanes) is 10. The molecule has 0 saturated carbocycles. The SMILES string of the molecule is CCCCCCCCCCCCCC(=O)c1cc(Cl)c(C(=O)OC)[nH]1. The molecule has 25 heavy (non-hydrogen) atoms. The lowest BCUT2D eigenvalue weighted by Gasteiger charge is -2.02. The van der Waals surface area contributed by atoms with Crippen LogP contribution in [-0.4, -0.2) is 23.8 Å². The lowest BCUT2D eigenvalue weighted by molar-refractivity contribution is 0.0595. The molecule has 0 aliphatic heterocycles. The smallest absolute Gasteiger partial charge is 0.356 e. The van der Waals surface area contributed by atoms with E-state index in [4.69, 9.17) is 11.6 Å². The summed E-state index contributed by atoms with van der Waals surface area (Å²) in [5.41, 5.74) is 0.531. The molecule has 0 atom stereocenters. The molecule has 0 aliphatic carbocycles. The molecule has 1 N–H and O–H groups in total. The van der Waals surface area contributed by atoms with Gasteiger partial charge in [0, 0.05) is 6.42 Å². The molecular formula is C20H32ClNO3. The number of Topliss-reactive ketones (excluding diaryl/α,β-unsaturated/α-hetero) is 1. The topological polar surface area (TPSA) is 59.2 Å². The molecule has 0 fully saturated rings.